The van der Waals surface area contributed by atoms with E-state index in [0.29, 0.717) is 19.3 Å². The molecule has 0 fully saturated rings. The smallest absolute Gasteiger partial charge is 0.348 e. The molecule has 0 spiro atoms. The van der Waals surface area contributed by atoms with Gasteiger partial charge in [0.1, 0.15) is 11.6 Å². The summed E-state index contributed by atoms with van der Waals surface area (Å²) in [5, 5.41) is 16.6. The van der Waals surface area contributed by atoms with Gasteiger partial charge in [-0.05, 0) is 19.3 Å². The maximum absolute atomic E-state index is 10.9. The van der Waals surface area contributed by atoms with Gasteiger partial charge in [0, 0.05) is 6.42 Å². The van der Waals surface area contributed by atoms with Gasteiger partial charge < -0.3 is 9.84 Å². The third kappa shape index (κ3) is 7.26. The van der Waals surface area contributed by atoms with E-state index in [1.807, 2.05) is 0 Å². The number of nitriles is 1. The van der Waals surface area contributed by atoms with Crippen molar-refractivity contribution in [3.8, 4) is 6.07 Å². The lowest BCUT2D eigenvalue weighted by molar-refractivity contribution is -0.139. The maximum Gasteiger partial charge on any atom is 0.348 e. The summed E-state index contributed by atoms with van der Waals surface area (Å²) < 4.78 is 4.69. The van der Waals surface area contributed by atoms with Crippen LogP contribution in [-0.2, 0) is 14.3 Å². The molecule has 0 radical (unpaired) electrons. The molecule has 0 aromatic carbocycles. The van der Waals surface area contributed by atoms with Crippen molar-refractivity contribution in [2.75, 3.05) is 6.61 Å². The lowest BCUT2D eigenvalue weighted by Crippen LogP contribution is -2.07. The minimum absolute atomic E-state index is 0.124. The standard InChI is InChI=1S/C10H13NO4/c1-8(7-11)10(14)15-6-4-2-3-5-9(12)13/h1-6H2,(H,12,13). The van der Waals surface area contributed by atoms with Crippen molar-refractivity contribution in [1.82, 2.24) is 0 Å². The monoisotopic (exact) mass is 211 g/mol. The van der Waals surface area contributed by atoms with Gasteiger partial charge in [0.05, 0.1) is 6.61 Å². The summed E-state index contributed by atoms with van der Waals surface area (Å²) >= 11 is 0. The molecule has 0 heterocycles. The highest BCUT2D eigenvalue weighted by atomic mass is 16.5. The van der Waals surface area contributed by atoms with Gasteiger partial charge in [0.15, 0.2) is 0 Å². The van der Waals surface area contributed by atoms with Crippen LogP contribution in [-0.4, -0.2) is 23.7 Å². The van der Waals surface area contributed by atoms with Crippen LogP contribution in [0.3, 0.4) is 0 Å². The molecule has 0 amide bonds. The van der Waals surface area contributed by atoms with Gasteiger partial charge in [-0.15, -0.1) is 0 Å². The van der Waals surface area contributed by atoms with Crippen molar-refractivity contribution in [2.45, 2.75) is 25.7 Å². The second-order valence-corrected chi connectivity index (χ2v) is 2.93. The number of carboxylic acid groups (broad SMARTS) is 1. The predicted octanol–water partition coefficient (Wildman–Crippen LogP) is 1.25. The second kappa shape index (κ2) is 7.56. The number of rotatable bonds is 7. The molecule has 0 aliphatic rings. The summed E-state index contributed by atoms with van der Waals surface area (Å²) in [4.78, 5) is 21.0. The van der Waals surface area contributed by atoms with Crippen LogP contribution in [0.4, 0.5) is 0 Å². The molecule has 0 saturated heterocycles. The first-order valence-electron chi connectivity index (χ1n) is 4.56. The predicted molar refractivity (Wildman–Crippen MR) is 51.8 cm³/mol. The number of aliphatic carboxylic acids is 1. The Bertz CT molecular complexity index is 290. The Hall–Kier alpha value is -1.83. The molecule has 1 N–H and O–H groups in total. The van der Waals surface area contributed by atoms with Crippen molar-refractivity contribution < 1.29 is 19.4 Å². The molecule has 0 aliphatic heterocycles. The summed E-state index contributed by atoms with van der Waals surface area (Å²) in [6, 6.07) is 1.58. The number of hydrogen-bond donors (Lipinski definition) is 1. The lowest BCUT2D eigenvalue weighted by atomic mass is 10.2. The van der Waals surface area contributed by atoms with Gasteiger partial charge in [0.2, 0.25) is 0 Å². The Morgan fingerprint density at radius 3 is 2.53 bits per heavy atom. The topological polar surface area (TPSA) is 87.4 Å². The first kappa shape index (κ1) is 13.2. The van der Waals surface area contributed by atoms with Crippen LogP contribution in [0.15, 0.2) is 12.2 Å². The molecule has 0 unspecified atom stereocenters. The van der Waals surface area contributed by atoms with Gasteiger partial charge in [-0.3, -0.25) is 4.79 Å². The molecule has 0 aromatic rings. The zero-order valence-electron chi connectivity index (χ0n) is 8.36. The van der Waals surface area contributed by atoms with Crippen LogP contribution in [0.5, 0.6) is 0 Å². The molecule has 82 valence electrons. The molecule has 0 aliphatic carbocycles. The lowest BCUT2D eigenvalue weighted by Gasteiger charge is -2.02. The van der Waals surface area contributed by atoms with Crippen LogP contribution in [0.2, 0.25) is 0 Å². The molecular formula is C10H13NO4. The van der Waals surface area contributed by atoms with Crippen molar-refractivity contribution in [3.63, 3.8) is 0 Å². The van der Waals surface area contributed by atoms with Crippen molar-refractivity contribution in [2.24, 2.45) is 0 Å². The van der Waals surface area contributed by atoms with E-state index < -0.39 is 11.9 Å². The number of carbonyl (C=O) groups excluding carboxylic acids is 1. The average Bonchev–Trinajstić information content (AvgIpc) is 2.21. The zero-order chi connectivity index (χ0) is 11.7. The van der Waals surface area contributed by atoms with Gasteiger partial charge in [0.25, 0.3) is 0 Å². The van der Waals surface area contributed by atoms with E-state index in [1.54, 1.807) is 6.07 Å². The first-order chi connectivity index (χ1) is 7.07. The van der Waals surface area contributed by atoms with E-state index in [4.69, 9.17) is 15.1 Å². The molecule has 5 nitrogen and oxygen atoms in total. The summed E-state index contributed by atoms with van der Waals surface area (Å²) in [5.41, 5.74) is -0.222. The Kier molecular flexibility index (Phi) is 6.64. The van der Waals surface area contributed by atoms with E-state index in [2.05, 4.69) is 6.58 Å². The molecule has 15 heavy (non-hydrogen) atoms. The molecule has 0 aromatic heterocycles. The number of nitrogens with zero attached hydrogens (tertiary/aromatic N) is 1. The second-order valence-electron chi connectivity index (χ2n) is 2.93. The van der Waals surface area contributed by atoms with Gasteiger partial charge in [-0.25, -0.2) is 4.79 Å². The Morgan fingerprint density at radius 1 is 1.33 bits per heavy atom. The summed E-state index contributed by atoms with van der Waals surface area (Å²) in [6.45, 7) is 3.39. The zero-order valence-corrected chi connectivity index (χ0v) is 8.36. The highest BCUT2D eigenvalue weighted by molar-refractivity contribution is 5.91. The normalized spacial score (nSPS) is 9.00. The van der Waals surface area contributed by atoms with Crippen LogP contribution in [0, 0.1) is 11.3 Å². The molecule has 0 atom stereocenters. The molecule has 0 bridgehead atoms. The quantitative estimate of drug-likeness (QED) is 0.296. The SMILES string of the molecule is C=C(C#N)C(=O)OCCCCCC(=O)O. The molecule has 0 saturated carbocycles. The Labute approximate surface area is 88.0 Å². The fourth-order valence-corrected chi connectivity index (χ4v) is 0.853. The van der Waals surface area contributed by atoms with Crippen molar-refractivity contribution in [1.29, 1.82) is 5.26 Å². The van der Waals surface area contributed by atoms with Crippen LogP contribution in [0.25, 0.3) is 0 Å². The fourth-order valence-electron chi connectivity index (χ4n) is 0.853. The minimum Gasteiger partial charge on any atom is -0.481 e. The third-order valence-electron chi connectivity index (χ3n) is 1.65. The van der Waals surface area contributed by atoms with Crippen LogP contribution in [0.1, 0.15) is 25.7 Å². The Morgan fingerprint density at radius 2 is 2.00 bits per heavy atom. The minimum atomic E-state index is -0.829. The van der Waals surface area contributed by atoms with E-state index in [0.717, 1.165) is 0 Å². The summed E-state index contributed by atoms with van der Waals surface area (Å²) in [7, 11) is 0. The van der Waals surface area contributed by atoms with Gasteiger partial charge in [-0.2, -0.15) is 5.26 Å². The van der Waals surface area contributed by atoms with E-state index in [1.165, 1.54) is 0 Å². The van der Waals surface area contributed by atoms with E-state index >= 15 is 0 Å². The number of esters is 1. The van der Waals surface area contributed by atoms with Gasteiger partial charge >= 0.3 is 11.9 Å². The molecular weight excluding hydrogens is 198 g/mol. The van der Waals surface area contributed by atoms with Crippen LogP contribution >= 0.6 is 0 Å². The first-order valence-corrected chi connectivity index (χ1v) is 4.56. The van der Waals surface area contributed by atoms with E-state index in [9.17, 15) is 9.59 Å². The van der Waals surface area contributed by atoms with Crippen LogP contribution < -0.4 is 0 Å². The largest absolute Gasteiger partial charge is 0.481 e. The van der Waals surface area contributed by atoms with Crippen molar-refractivity contribution >= 4 is 11.9 Å². The molecule has 0 rings (SSSR count). The molecule has 5 heteroatoms. The summed E-state index contributed by atoms with van der Waals surface area (Å²) in [5.74, 6) is -1.54. The fraction of sp³-hybridized carbons (Fsp3) is 0.500. The van der Waals surface area contributed by atoms with Gasteiger partial charge in [-0.1, -0.05) is 6.58 Å². The number of ether oxygens (including phenoxy) is 1. The third-order valence-corrected chi connectivity index (χ3v) is 1.65. The van der Waals surface area contributed by atoms with Crippen molar-refractivity contribution in [3.05, 3.63) is 12.2 Å². The Balaban J connectivity index is 3.40. The van der Waals surface area contributed by atoms with E-state index in [-0.39, 0.29) is 18.6 Å². The average molecular weight is 211 g/mol. The number of unbranched alkanes of at least 4 members (excludes halogenated alkanes) is 2. The maximum atomic E-state index is 10.9. The number of carbonyl (C=O) groups is 2. The number of hydrogen-bond acceptors (Lipinski definition) is 4. The highest BCUT2D eigenvalue weighted by Crippen LogP contribution is 2.01. The number of carboxylic acids is 1. The highest BCUT2D eigenvalue weighted by Gasteiger charge is 2.06. The summed E-state index contributed by atoms with van der Waals surface area (Å²) in [6.07, 6.45) is 1.96.